The maximum atomic E-state index is 6.00. The van der Waals surface area contributed by atoms with E-state index in [4.69, 9.17) is 9.47 Å². The second-order valence-corrected chi connectivity index (χ2v) is 4.93. The molecule has 0 fully saturated rings. The molecule has 0 heterocycles. The third-order valence-corrected chi connectivity index (χ3v) is 2.64. The number of benzene rings is 1. The molecule has 0 saturated heterocycles. The highest BCUT2D eigenvalue weighted by Gasteiger charge is 2.27. The predicted octanol–water partition coefficient (Wildman–Crippen LogP) is 4.65. The molecule has 0 bridgehead atoms. The summed E-state index contributed by atoms with van der Waals surface area (Å²) < 4.78 is 11.9. The van der Waals surface area contributed by atoms with Gasteiger partial charge in [0.1, 0.15) is 5.75 Å². The van der Waals surface area contributed by atoms with Crippen molar-refractivity contribution in [1.29, 1.82) is 0 Å². The molecule has 0 N–H and O–H groups in total. The fourth-order valence-electron chi connectivity index (χ4n) is 2.01. The van der Waals surface area contributed by atoms with Crippen LogP contribution in [0.5, 0.6) is 5.75 Å². The summed E-state index contributed by atoms with van der Waals surface area (Å²) in [6.07, 6.45) is 3.86. The Morgan fingerprint density at radius 1 is 1.28 bits per heavy atom. The molecular formula is C16H24O2. The topological polar surface area (TPSA) is 18.5 Å². The van der Waals surface area contributed by atoms with E-state index in [0.29, 0.717) is 0 Å². The second kappa shape index (κ2) is 6.60. The Morgan fingerprint density at radius 3 is 2.33 bits per heavy atom. The molecule has 0 aliphatic heterocycles. The Morgan fingerprint density at radius 2 is 1.89 bits per heavy atom. The summed E-state index contributed by atoms with van der Waals surface area (Å²) >= 11 is 0. The van der Waals surface area contributed by atoms with Crippen molar-refractivity contribution in [3.8, 4) is 5.75 Å². The van der Waals surface area contributed by atoms with Crippen LogP contribution < -0.4 is 4.74 Å². The van der Waals surface area contributed by atoms with Crippen LogP contribution in [0.15, 0.2) is 30.8 Å². The molecule has 0 aromatic heterocycles. The Balaban J connectivity index is 2.78. The number of hydrogen-bond acceptors (Lipinski definition) is 2. The molecule has 0 aliphatic rings. The van der Waals surface area contributed by atoms with Crippen LogP contribution in [0.4, 0.5) is 0 Å². The molecule has 100 valence electrons. The van der Waals surface area contributed by atoms with E-state index in [1.54, 1.807) is 0 Å². The van der Waals surface area contributed by atoms with Crippen LogP contribution in [0.3, 0.4) is 0 Å². The second-order valence-electron chi connectivity index (χ2n) is 4.93. The highest BCUT2D eigenvalue weighted by atomic mass is 16.7. The Kier molecular flexibility index (Phi) is 5.42. The molecule has 1 unspecified atom stereocenters. The van der Waals surface area contributed by atoms with Gasteiger partial charge >= 0.3 is 0 Å². The minimum Gasteiger partial charge on any atom is -0.463 e. The van der Waals surface area contributed by atoms with E-state index >= 15 is 0 Å². The molecule has 1 aromatic carbocycles. The first kappa shape index (κ1) is 14.8. The van der Waals surface area contributed by atoms with E-state index in [1.165, 1.54) is 0 Å². The van der Waals surface area contributed by atoms with Crippen LogP contribution in [0.25, 0.3) is 6.08 Å². The van der Waals surface area contributed by atoms with Crippen LogP contribution in [0.1, 0.15) is 46.1 Å². The lowest BCUT2D eigenvalue weighted by molar-refractivity contribution is -0.195. The normalized spacial score (nSPS) is 14.3. The Hall–Kier alpha value is -1.28. The summed E-state index contributed by atoms with van der Waals surface area (Å²) in [6, 6.07) is 7.89. The van der Waals surface area contributed by atoms with Crippen molar-refractivity contribution in [2.45, 2.75) is 52.4 Å². The Labute approximate surface area is 111 Å². The monoisotopic (exact) mass is 248 g/mol. The van der Waals surface area contributed by atoms with Crippen LogP contribution in [-0.4, -0.2) is 11.9 Å². The standard InChI is InChI=1S/C16H24O2/c1-6-12-16(5,17-13(3)4)18-15-10-8-14(7-2)9-11-15/h7-11,13H,2,6,12H2,1,3-5H3. The smallest absolute Gasteiger partial charge is 0.207 e. The molecule has 1 atom stereocenters. The fourth-order valence-corrected chi connectivity index (χ4v) is 2.01. The molecule has 0 amide bonds. The Bertz CT molecular complexity index is 367. The molecule has 18 heavy (non-hydrogen) atoms. The highest BCUT2D eigenvalue weighted by Crippen LogP contribution is 2.25. The van der Waals surface area contributed by atoms with Crippen molar-refractivity contribution in [3.05, 3.63) is 36.4 Å². The van der Waals surface area contributed by atoms with Gasteiger partial charge in [-0.05, 0) is 38.0 Å². The summed E-state index contributed by atoms with van der Waals surface area (Å²) in [5.41, 5.74) is 1.09. The minimum absolute atomic E-state index is 0.147. The minimum atomic E-state index is -0.557. The van der Waals surface area contributed by atoms with Gasteiger partial charge in [-0.15, -0.1) is 0 Å². The molecule has 0 radical (unpaired) electrons. The molecule has 1 aromatic rings. The van der Waals surface area contributed by atoms with Crippen molar-refractivity contribution < 1.29 is 9.47 Å². The average molecular weight is 248 g/mol. The summed E-state index contributed by atoms with van der Waals surface area (Å²) in [7, 11) is 0. The summed E-state index contributed by atoms with van der Waals surface area (Å²) in [4.78, 5) is 0. The van der Waals surface area contributed by atoms with Gasteiger partial charge in [0.15, 0.2) is 0 Å². The molecule has 0 spiro atoms. The van der Waals surface area contributed by atoms with Gasteiger partial charge in [-0.1, -0.05) is 31.7 Å². The lowest BCUT2D eigenvalue weighted by Gasteiger charge is -2.32. The van der Waals surface area contributed by atoms with Crippen molar-refractivity contribution >= 4 is 6.08 Å². The summed E-state index contributed by atoms with van der Waals surface area (Å²) in [5, 5.41) is 0. The van der Waals surface area contributed by atoms with Gasteiger partial charge in [0.2, 0.25) is 5.79 Å². The third-order valence-electron chi connectivity index (χ3n) is 2.64. The maximum Gasteiger partial charge on any atom is 0.207 e. The molecule has 0 saturated carbocycles. The largest absolute Gasteiger partial charge is 0.463 e. The summed E-state index contributed by atoms with van der Waals surface area (Å²) in [6.45, 7) is 11.9. The zero-order valence-corrected chi connectivity index (χ0v) is 11.9. The first-order chi connectivity index (χ1) is 8.49. The molecule has 0 aliphatic carbocycles. The third kappa shape index (κ3) is 4.53. The van der Waals surface area contributed by atoms with Crippen molar-refractivity contribution in [2.75, 3.05) is 0 Å². The number of hydrogen-bond donors (Lipinski definition) is 0. The highest BCUT2D eigenvalue weighted by molar-refractivity contribution is 5.48. The first-order valence-corrected chi connectivity index (χ1v) is 6.58. The van der Waals surface area contributed by atoms with Crippen LogP contribution in [0.2, 0.25) is 0 Å². The van der Waals surface area contributed by atoms with Gasteiger partial charge in [0.05, 0.1) is 6.10 Å². The van der Waals surface area contributed by atoms with Crippen LogP contribution in [0, 0.1) is 0 Å². The zero-order chi connectivity index (χ0) is 13.6. The van der Waals surface area contributed by atoms with Gasteiger partial charge < -0.3 is 9.47 Å². The molecule has 2 heteroatoms. The van der Waals surface area contributed by atoms with Gasteiger partial charge in [0.25, 0.3) is 0 Å². The van der Waals surface area contributed by atoms with E-state index < -0.39 is 5.79 Å². The lowest BCUT2D eigenvalue weighted by atomic mass is 10.1. The van der Waals surface area contributed by atoms with Crippen LogP contribution in [-0.2, 0) is 4.74 Å². The quantitative estimate of drug-likeness (QED) is 0.654. The summed E-state index contributed by atoms with van der Waals surface area (Å²) in [5.74, 6) is 0.274. The van der Waals surface area contributed by atoms with Crippen molar-refractivity contribution in [1.82, 2.24) is 0 Å². The zero-order valence-electron chi connectivity index (χ0n) is 11.9. The molecular weight excluding hydrogens is 224 g/mol. The van der Waals surface area contributed by atoms with Crippen molar-refractivity contribution in [2.24, 2.45) is 0 Å². The molecule has 1 rings (SSSR count). The lowest BCUT2D eigenvalue weighted by Crippen LogP contribution is -2.38. The average Bonchev–Trinajstić information content (AvgIpc) is 2.28. The van der Waals surface area contributed by atoms with Gasteiger partial charge in [-0.3, -0.25) is 0 Å². The van der Waals surface area contributed by atoms with E-state index in [0.717, 1.165) is 24.2 Å². The van der Waals surface area contributed by atoms with E-state index in [9.17, 15) is 0 Å². The van der Waals surface area contributed by atoms with Gasteiger partial charge in [0, 0.05) is 13.3 Å². The fraction of sp³-hybridized carbons (Fsp3) is 0.500. The van der Waals surface area contributed by atoms with Gasteiger partial charge in [-0.2, -0.15) is 0 Å². The number of ether oxygens (including phenoxy) is 2. The predicted molar refractivity (Wildman–Crippen MR) is 76.7 cm³/mol. The van der Waals surface area contributed by atoms with E-state index in [2.05, 4.69) is 13.5 Å². The van der Waals surface area contributed by atoms with Crippen molar-refractivity contribution in [3.63, 3.8) is 0 Å². The molecule has 2 nitrogen and oxygen atoms in total. The first-order valence-electron chi connectivity index (χ1n) is 6.58. The van der Waals surface area contributed by atoms with E-state index in [-0.39, 0.29) is 6.10 Å². The van der Waals surface area contributed by atoms with Gasteiger partial charge in [-0.25, -0.2) is 0 Å². The SMILES string of the molecule is C=Cc1ccc(OC(C)(CCC)OC(C)C)cc1. The van der Waals surface area contributed by atoms with E-state index in [1.807, 2.05) is 51.1 Å². The van der Waals surface area contributed by atoms with Crippen LogP contribution >= 0.6 is 0 Å². The maximum absolute atomic E-state index is 6.00. The number of rotatable bonds is 7.